The lowest BCUT2D eigenvalue weighted by Gasteiger charge is -2.12. The van der Waals surface area contributed by atoms with E-state index in [1.165, 1.54) is 11.1 Å². The fraction of sp³-hybridized carbons (Fsp3) is 0.188. The summed E-state index contributed by atoms with van der Waals surface area (Å²) in [6.45, 7) is 4.26. The van der Waals surface area contributed by atoms with Gasteiger partial charge in [-0.15, -0.1) is 11.6 Å². The highest BCUT2D eigenvalue weighted by molar-refractivity contribution is 6.17. The molecule has 0 atom stereocenters. The van der Waals surface area contributed by atoms with Gasteiger partial charge in [-0.2, -0.15) is 0 Å². The van der Waals surface area contributed by atoms with Crippen LogP contribution in [-0.2, 0) is 5.88 Å². The molecular formula is C16H15ClN2. The minimum Gasteiger partial charge on any atom is -0.295 e. The summed E-state index contributed by atoms with van der Waals surface area (Å²) in [6, 6.07) is 14.5. The van der Waals surface area contributed by atoms with Crippen LogP contribution in [0.15, 0.2) is 42.5 Å². The molecule has 96 valence electrons. The van der Waals surface area contributed by atoms with E-state index in [1.54, 1.807) is 0 Å². The standard InChI is InChI=1S/C16H15ClN2/c1-11-6-5-9-14(12(11)2)19-15-8-4-3-7-13(15)18-16(19)10-17/h3-9H,10H2,1-2H3. The van der Waals surface area contributed by atoms with Crippen molar-refractivity contribution in [1.82, 2.24) is 9.55 Å². The van der Waals surface area contributed by atoms with Crippen LogP contribution in [0.25, 0.3) is 16.7 Å². The van der Waals surface area contributed by atoms with Gasteiger partial charge < -0.3 is 0 Å². The molecule has 0 bridgehead atoms. The topological polar surface area (TPSA) is 17.8 Å². The van der Waals surface area contributed by atoms with Gasteiger partial charge in [0.15, 0.2) is 0 Å². The predicted molar refractivity (Wildman–Crippen MR) is 80.1 cm³/mol. The van der Waals surface area contributed by atoms with E-state index in [-0.39, 0.29) is 0 Å². The lowest BCUT2D eigenvalue weighted by Crippen LogP contribution is -2.02. The molecule has 0 amide bonds. The van der Waals surface area contributed by atoms with E-state index in [2.05, 4.69) is 47.7 Å². The minimum atomic E-state index is 0.405. The molecule has 1 heterocycles. The Morgan fingerprint density at radius 1 is 1.05 bits per heavy atom. The lowest BCUT2D eigenvalue weighted by atomic mass is 10.1. The van der Waals surface area contributed by atoms with E-state index in [0.717, 1.165) is 22.5 Å². The van der Waals surface area contributed by atoms with Gasteiger partial charge >= 0.3 is 0 Å². The van der Waals surface area contributed by atoms with Crippen LogP contribution in [0, 0.1) is 13.8 Å². The van der Waals surface area contributed by atoms with Crippen molar-refractivity contribution in [2.24, 2.45) is 0 Å². The Bertz CT molecular complexity index is 744. The van der Waals surface area contributed by atoms with Crippen molar-refractivity contribution in [2.45, 2.75) is 19.7 Å². The van der Waals surface area contributed by atoms with Crippen LogP contribution in [-0.4, -0.2) is 9.55 Å². The van der Waals surface area contributed by atoms with E-state index in [0.29, 0.717) is 5.88 Å². The zero-order chi connectivity index (χ0) is 13.4. The molecule has 0 aliphatic rings. The molecule has 3 rings (SSSR count). The smallest absolute Gasteiger partial charge is 0.129 e. The lowest BCUT2D eigenvalue weighted by molar-refractivity contribution is 0.969. The molecule has 0 fully saturated rings. The van der Waals surface area contributed by atoms with E-state index >= 15 is 0 Å². The molecular weight excluding hydrogens is 256 g/mol. The van der Waals surface area contributed by atoms with Gasteiger partial charge in [0.05, 0.1) is 22.6 Å². The molecule has 2 nitrogen and oxygen atoms in total. The van der Waals surface area contributed by atoms with Gasteiger partial charge in [-0.05, 0) is 43.2 Å². The van der Waals surface area contributed by atoms with Gasteiger partial charge in [-0.25, -0.2) is 4.98 Å². The molecule has 3 aromatic rings. The minimum absolute atomic E-state index is 0.405. The second-order valence-corrected chi connectivity index (χ2v) is 4.97. The Morgan fingerprint density at radius 2 is 1.84 bits per heavy atom. The molecule has 2 aromatic carbocycles. The summed E-state index contributed by atoms with van der Waals surface area (Å²) in [4.78, 5) is 4.61. The van der Waals surface area contributed by atoms with Gasteiger partial charge in [-0.1, -0.05) is 24.3 Å². The summed E-state index contributed by atoms with van der Waals surface area (Å²) < 4.78 is 2.16. The normalized spacial score (nSPS) is 11.1. The largest absolute Gasteiger partial charge is 0.295 e. The Labute approximate surface area is 117 Å². The second-order valence-electron chi connectivity index (χ2n) is 4.70. The molecule has 0 unspecified atom stereocenters. The number of alkyl halides is 1. The van der Waals surface area contributed by atoms with Gasteiger partial charge in [-0.3, -0.25) is 4.57 Å². The van der Waals surface area contributed by atoms with Crippen LogP contribution in [0.3, 0.4) is 0 Å². The van der Waals surface area contributed by atoms with Crippen molar-refractivity contribution in [1.29, 1.82) is 0 Å². The van der Waals surface area contributed by atoms with Crippen LogP contribution in [0.2, 0.25) is 0 Å². The van der Waals surface area contributed by atoms with Gasteiger partial charge in [0.25, 0.3) is 0 Å². The number of para-hydroxylation sites is 2. The van der Waals surface area contributed by atoms with E-state index in [4.69, 9.17) is 11.6 Å². The number of halogens is 1. The average Bonchev–Trinajstić information content (AvgIpc) is 2.80. The van der Waals surface area contributed by atoms with Crippen LogP contribution in [0.5, 0.6) is 0 Å². The monoisotopic (exact) mass is 270 g/mol. The Morgan fingerprint density at radius 3 is 2.63 bits per heavy atom. The van der Waals surface area contributed by atoms with Crippen LogP contribution in [0.1, 0.15) is 17.0 Å². The summed E-state index contributed by atoms with van der Waals surface area (Å²) in [5, 5.41) is 0. The summed E-state index contributed by atoms with van der Waals surface area (Å²) >= 11 is 6.06. The number of aryl methyl sites for hydroxylation is 1. The first kappa shape index (κ1) is 12.2. The Kier molecular flexibility index (Phi) is 3.03. The molecule has 0 N–H and O–H groups in total. The molecule has 0 aliphatic heterocycles. The van der Waals surface area contributed by atoms with Gasteiger partial charge in [0, 0.05) is 0 Å². The third-order valence-electron chi connectivity index (χ3n) is 3.57. The number of fused-ring (bicyclic) bond motifs is 1. The third kappa shape index (κ3) is 1.92. The summed E-state index contributed by atoms with van der Waals surface area (Å²) in [6.07, 6.45) is 0. The molecule has 0 saturated heterocycles. The summed E-state index contributed by atoms with van der Waals surface area (Å²) in [5.74, 6) is 1.29. The molecule has 0 radical (unpaired) electrons. The van der Waals surface area contributed by atoms with Gasteiger partial charge in [0.2, 0.25) is 0 Å². The SMILES string of the molecule is Cc1cccc(-n2c(CCl)nc3ccccc32)c1C. The molecule has 0 aliphatic carbocycles. The zero-order valence-corrected chi connectivity index (χ0v) is 11.8. The first-order chi connectivity index (χ1) is 9.22. The molecule has 0 saturated carbocycles. The fourth-order valence-electron chi connectivity index (χ4n) is 2.41. The van der Waals surface area contributed by atoms with Crippen molar-refractivity contribution in [3.05, 3.63) is 59.4 Å². The summed E-state index contributed by atoms with van der Waals surface area (Å²) in [5.41, 5.74) is 5.78. The van der Waals surface area contributed by atoms with Gasteiger partial charge in [0.1, 0.15) is 5.82 Å². The van der Waals surface area contributed by atoms with Crippen LogP contribution < -0.4 is 0 Å². The Hall–Kier alpha value is -1.80. The number of hydrogen-bond donors (Lipinski definition) is 0. The summed E-state index contributed by atoms with van der Waals surface area (Å²) in [7, 11) is 0. The highest BCUT2D eigenvalue weighted by Gasteiger charge is 2.13. The maximum atomic E-state index is 6.06. The van der Waals surface area contributed by atoms with Crippen LogP contribution in [0.4, 0.5) is 0 Å². The van der Waals surface area contributed by atoms with E-state index in [9.17, 15) is 0 Å². The van der Waals surface area contributed by atoms with Crippen molar-refractivity contribution < 1.29 is 0 Å². The number of hydrogen-bond acceptors (Lipinski definition) is 1. The number of rotatable bonds is 2. The maximum absolute atomic E-state index is 6.06. The van der Waals surface area contributed by atoms with Crippen molar-refractivity contribution >= 4 is 22.6 Å². The average molecular weight is 271 g/mol. The highest BCUT2D eigenvalue weighted by Crippen LogP contribution is 2.25. The molecule has 19 heavy (non-hydrogen) atoms. The van der Waals surface area contributed by atoms with Crippen molar-refractivity contribution in [3.8, 4) is 5.69 Å². The first-order valence-corrected chi connectivity index (χ1v) is 6.84. The van der Waals surface area contributed by atoms with Crippen molar-refractivity contribution in [3.63, 3.8) is 0 Å². The van der Waals surface area contributed by atoms with Crippen molar-refractivity contribution in [2.75, 3.05) is 0 Å². The third-order valence-corrected chi connectivity index (χ3v) is 3.81. The number of nitrogens with zero attached hydrogens (tertiary/aromatic N) is 2. The second kappa shape index (κ2) is 4.71. The highest BCUT2D eigenvalue weighted by atomic mass is 35.5. The fourth-order valence-corrected chi connectivity index (χ4v) is 2.59. The maximum Gasteiger partial charge on any atom is 0.129 e. The quantitative estimate of drug-likeness (QED) is 0.632. The molecule has 0 spiro atoms. The van der Waals surface area contributed by atoms with E-state index in [1.807, 2.05) is 18.2 Å². The number of imidazole rings is 1. The zero-order valence-electron chi connectivity index (χ0n) is 11.0. The number of benzene rings is 2. The molecule has 1 aromatic heterocycles. The predicted octanol–water partition coefficient (Wildman–Crippen LogP) is 4.38. The van der Waals surface area contributed by atoms with E-state index < -0.39 is 0 Å². The van der Waals surface area contributed by atoms with Crippen LogP contribution >= 0.6 is 11.6 Å². The Balaban J connectivity index is 2.38. The number of aromatic nitrogens is 2. The first-order valence-electron chi connectivity index (χ1n) is 6.31. The molecule has 3 heteroatoms.